The van der Waals surface area contributed by atoms with Gasteiger partial charge in [0, 0.05) is 5.56 Å². The van der Waals surface area contributed by atoms with Crippen LogP contribution in [0, 0.1) is 20.8 Å². The van der Waals surface area contributed by atoms with Crippen molar-refractivity contribution < 1.29 is 0 Å². The summed E-state index contributed by atoms with van der Waals surface area (Å²) in [6.45, 7) is 6.44. The maximum absolute atomic E-state index is 3.99. The Morgan fingerprint density at radius 3 is 2.00 bits per heavy atom. The van der Waals surface area contributed by atoms with Gasteiger partial charge in [-0.05, 0) is 48.2 Å². The lowest BCUT2D eigenvalue weighted by Crippen LogP contribution is -1.90. The molecule has 4 nitrogen and oxygen atoms in total. The van der Waals surface area contributed by atoms with Crippen molar-refractivity contribution in [1.82, 2.24) is 20.6 Å². The van der Waals surface area contributed by atoms with Crippen LogP contribution in [0.25, 0.3) is 22.5 Å². The number of aryl methyl sites for hydroxylation is 3. The maximum atomic E-state index is 3.99. The Labute approximate surface area is 117 Å². The van der Waals surface area contributed by atoms with E-state index >= 15 is 0 Å². The fourth-order valence-corrected chi connectivity index (χ4v) is 2.71. The van der Waals surface area contributed by atoms with Crippen LogP contribution in [-0.2, 0) is 0 Å². The Bertz CT molecular complexity index is 705. The molecule has 1 heterocycles. The first-order valence-corrected chi connectivity index (χ1v) is 6.57. The van der Waals surface area contributed by atoms with Crippen LogP contribution in [-0.4, -0.2) is 20.6 Å². The third-order valence-corrected chi connectivity index (χ3v) is 3.45. The minimum atomic E-state index is 0.619. The van der Waals surface area contributed by atoms with E-state index in [-0.39, 0.29) is 0 Å². The van der Waals surface area contributed by atoms with Gasteiger partial charge in [-0.2, -0.15) is 5.21 Å². The van der Waals surface area contributed by atoms with Crippen LogP contribution in [0.15, 0.2) is 36.4 Å². The van der Waals surface area contributed by atoms with Crippen molar-refractivity contribution in [2.45, 2.75) is 20.8 Å². The molecule has 0 fully saturated rings. The highest BCUT2D eigenvalue weighted by atomic mass is 15.5. The predicted molar refractivity (Wildman–Crippen MR) is 79.3 cm³/mol. The summed E-state index contributed by atoms with van der Waals surface area (Å²) in [5.41, 5.74) is 7.38. The van der Waals surface area contributed by atoms with E-state index in [0.29, 0.717) is 5.82 Å². The Morgan fingerprint density at radius 1 is 0.850 bits per heavy atom. The smallest absolute Gasteiger partial charge is 0.177 e. The Hall–Kier alpha value is -2.49. The summed E-state index contributed by atoms with van der Waals surface area (Å²) in [4.78, 5) is 0. The third kappa shape index (κ3) is 2.20. The lowest BCUT2D eigenvalue weighted by Gasteiger charge is -2.11. The quantitative estimate of drug-likeness (QED) is 0.771. The average molecular weight is 264 g/mol. The first kappa shape index (κ1) is 12.5. The van der Waals surface area contributed by atoms with Crippen LogP contribution in [0.5, 0.6) is 0 Å². The normalized spacial score (nSPS) is 10.8. The van der Waals surface area contributed by atoms with Crippen molar-refractivity contribution in [3.63, 3.8) is 0 Å². The number of tetrazole rings is 1. The van der Waals surface area contributed by atoms with E-state index in [1.165, 1.54) is 27.8 Å². The second-order valence-corrected chi connectivity index (χ2v) is 5.09. The molecule has 4 heteroatoms. The summed E-state index contributed by atoms with van der Waals surface area (Å²) in [6, 6.07) is 12.7. The summed E-state index contributed by atoms with van der Waals surface area (Å²) < 4.78 is 0. The minimum absolute atomic E-state index is 0.619. The molecule has 20 heavy (non-hydrogen) atoms. The number of aromatic amines is 1. The summed E-state index contributed by atoms with van der Waals surface area (Å²) in [5, 5.41) is 14.0. The second kappa shape index (κ2) is 4.89. The largest absolute Gasteiger partial charge is 0.204 e. The van der Waals surface area contributed by atoms with E-state index in [9.17, 15) is 0 Å². The Kier molecular flexibility index (Phi) is 3.06. The zero-order chi connectivity index (χ0) is 14.1. The van der Waals surface area contributed by atoms with E-state index in [2.05, 4.69) is 65.7 Å². The third-order valence-electron chi connectivity index (χ3n) is 3.45. The molecule has 0 radical (unpaired) electrons. The molecule has 0 aliphatic heterocycles. The molecule has 0 atom stereocenters. The molecule has 0 bridgehead atoms. The lowest BCUT2D eigenvalue weighted by atomic mass is 9.93. The highest BCUT2D eigenvalue weighted by Crippen LogP contribution is 2.29. The van der Waals surface area contributed by atoms with Crippen molar-refractivity contribution >= 4 is 0 Å². The van der Waals surface area contributed by atoms with Gasteiger partial charge in [-0.15, -0.1) is 10.2 Å². The molecule has 100 valence electrons. The van der Waals surface area contributed by atoms with Gasteiger partial charge in [0.2, 0.25) is 5.82 Å². The van der Waals surface area contributed by atoms with Crippen molar-refractivity contribution in [3.8, 4) is 22.5 Å². The van der Waals surface area contributed by atoms with Gasteiger partial charge in [0.25, 0.3) is 0 Å². The van der Waals surface area contributed by atoms with Crippen LogP contribution < -0.4 is 0 Å². The topological polar surface area (TPSA) is 54.5 Å². The van der Waals surface area contributed by atoms with E-state index in [0.717, 1.165) is 5.56 Å². The number of benzene rings is 2. The molecule has 0 aliphatic carbocycles. The minimum Gasteiger partial charge on any atom is -0.177 e. The summed E-state index contributed by atoms with van der Waals surface area (Å²) in [7, 11) is 0. The maximum Gasteiger partial charge on any atom is 0.204 e. The van der Waals surface area contributed by atoms with Crippen molar-refractivity contribution in [2.75, 3.05) is 0 Å². The molecule has 0 saturated carbocycles. The molecular formula is C16H16N4. The summed E-state index contributed by atoms with van der Waals surface area (Å²) in [5.74, 6) is 0.619. The molecule has 3 aromatic rings. The monoisotopic (exact) mass is 264 g/mol. The highest BCUT2D eigenvalue weighted by molar-refractivity contribution is 5.73. The summed E-state index contributed by atoms with van der Waals surface area (Å²) in [6.07, 6.45) is 0. The highest BCUT2D eigenvalue weighted by Gasteiger charge is 2.08. The molecule has 1 aromatic heterocycles. The van der Waals surface area contributed by atoms with Crippen LogP contribution in [0.2, 0.25) is 0 Å². The zero-order valence-corrected chi connectivity index (χ0v) is 11.8. The Morgan fingerprint density at radius 2 is 1.45 bits per heavy atom. The fourth-order valence-electron chi connectivity index (χ4n) is 2.71. The van der Waals surface area contributed by atoms with E-state index in [4.69, 9.17) is 0 Å². The molecular weight excluding hydrogens is 248 g/mol. The van der Waals surface area contributed by atoms with Gasteiger partial charge < -0.3 is 0 Å². The number of H-pyrrole nitrogens is 1. The number of aromatic nitrogens is 4. The predicted octanol–water partition coefficient (Wildman–Crippen LogP) is 3.46. The van der Waals surface area contributed by atoms with Crippen LogP contribution in [0.1, 0.15) is 16.7 Å². The molecule has 3 rings (SSSR count). The van der Waals surface area contributed by atoms with Gasteiger partial charge in [-0.3, -0.25) is 0 Å². The first-order chi connectivity index (χ1) is 9.65. The van der Waals surface area contributed by atoms with Crippen LogP contribution in [0.4, 0.5) is 0 Å². The number of nitrogens with one attached hydrogen (secondary N) is 1. The van der Waals surface area contributed by atoms with E-state index in [1.807, 2.05) is 12.1 Å². The van der Waals surface area contributed by atoms with Gasteiger partial charge in [-0.25, -0.2) is 0 Å². The number of rotatable bonds is 2. The number of hydrogen-bond acceptors (Lipinski definition) is 3. The molecule has 0 aliphatic rings. The van der Waals surface area contributed by atoms with Crippen molar-refractivity contribution in [2.24, 2.45) is 0 Å². The molecule has 0 spiro atoms. The van der Waals surface area contributed by atoms with Gasteiger partial charge >= 0.3 is 0 Å². The van der Waals surface area contributed by atoms with Crippen molar-refractivity contribution in [1.29, 1.82) is 0 Å². The zero-order valence-electron chi connectivity index (χ0n) is 11.8. The first-order valence-electron chi connectivity index (χ1n) is 6.57. The fraction of sp³-hybridized carbons (Fsp3) is 0.188. The molecule has 1 N–H and O–H groups in total. The molecule has 2 aromatic carbocycles. The number of hydrogen-bond donors (Lipinski definition) is 1. The standard InChI is InChI=1S/C16H16N4/c1-10-8-11(2)15(12(3)9-10)13-4-6-14(7-5-13)16-17-19-20-18-16/h4-9H,1-3H3,(H,17,18,19,20). The SMILES string of the molecule is Cc1cc(C)c(-c2ccc(-c3nn[nH]n3)cc2)c(C)c1. The average Bonchev–Trinajstić information content (AvgIpc) is 2.92. The van der Waals surface area contributed by atoms with Crippen molar-refractivity contribution in [3.05, 3.63) is 53.1 Å². The molecule has 0 unspecified atom stereocenters. The Balaban J connectivity index is 2.04. The molecule has 0 saturated heterocycles. The molecule has 0 amide bonds. The van der Waals surface area contributed by atoms with Crippen LogP contribution >= 0.6 is 0 Å². The van der Waals surface area contributed by atoms with Gasteiger partial charge in [0.1, 0.15) is 0 Å². The van der Waals surface area contributed by atoms with Gasteiger partial charge in [0.05, 0.1) is 0 Å². The second-order valence-electron chi connectivity index (χ2n) is 5.09. The van der Waals surface area contributed by atoms with Gasteiger partial charge in [-0.1, -0.05) is 42.0 Å². The summed E-state index contributed by atoms with van der Waals surface area (Å²) >= 11 is 0. The van der Waals surface area contributed by atoms with E-state index < -0.39 is 0 Å². The lowest BCUT2D eigenvalue weighted by molar-refractivity contribution is 0.881. The van der Waals surface area contributed by atoms with Crippen LogP contribution in [0.3, 0.4) is 0 Å². The van der Waals surface area contributed by atoms with E-state index in [1.54, 1.807) is 0 Å². The number of nitrogens with zero attached hydrogens (tertiary/aromatic N) is 3. The van der Waals surface area contributed by atoms with Gasteiger partial charge in [0.15, 0.2) is 0 Å².